The second kappa shape index (κ2) is 9.01. The Balaban J connectivity index is 1.62. The van der Waals surface area contributed by atoms with Crippen molar-refractivity contribution in [1.29, 1.82) is 0 Å². The summed E-state index contributed by atoms with van der Waals surface area (Å²) in [5.41, 5.74) is 0.320. The van der Waals surface area contributed by atoms with Crippen molar-refractivity contribution in [3.8, 4) is 0 Å². The quantitative estimate of drug-likeness (QED) is 0.486. The maximum Gasteiger partial charge on any atom is 0.272 e. The number of hydrogen-bond acceptors (Lipinski definition) is 6. The zero-order valence-electron chi connectivity index (χ0n) is 15.8. The van der Waals surface area contributed by atoms with Gasteiger partial charge in [0.05, 0.1) is 22.8 Å². The minimum absolute atomic E-state index is 0.0176. The molecule has 2 amide bonds. The number of oxazole rings is 1. The number of carbonyl (C=O) groups excluding carboxylic acids is 2. The summed E-state index contributed by atoms with van der Waals surface area (Å²) in [6.45, 7) is 2.01. The number of aromatic nitrogens is 3. The maximum atomic E-state index is 13.4. The van der Waals surface area contributed by atoms with Gasteiger partial charge in [0.15, 0.2) is 17.3 Å². The van der Waals surface area contributed by atoms with Crippen LogP contribution in [0.1, 0.15) is 38.2 Å². The van der Waals surface area contributed by atoms with Gasteiger partial charge in [0.2, 0.25) is 5.89 Å². The lowest BCUT2D eigenvalue weighted by Crippen LogP contribution is -2.23. The molecule has 0 unspecified atom stereocenters. The number of benzene rings is 1. The fourth-order valence-electron chi connectivity index (χ4n) is 2.48. The van der Waals surface area contributed by atoms with Crippen LogP contribution in [0.5, 0.6) is 0 Å². The van der Waals surface area contributed by atoms with Crippen molar-refractivity contribution in [1.82, 2.24) is 20.5 Å². The Labute approximate surface area is 173 Å². The Morgan fingerprint density at radius 1 is 1.23 bits per heavy atom. The molecule has 9 nitrogen and oxygen atoms in total. The lowest BCUT2D eigenvalue weighted by molar-refractivity contribution is 0.0941. The van der Waals surface area contributed by atoms with E-state index in [9.17, 15) is 18.4 Å². The van der Waals surface area contributed by atoms with Crippen molar-refractivity contribution in [2.45, 2.75) is 20.1 Å². The van der Waals surface area contributed by atoms with Crippen LogP contribution in [0.3, 0.4) is 0 Å². The molecule has 0 atom stereocenters. The molecule has 0 bridgehead atoms. The van der Waals surface area contributed by atoms with Gasteiger partial charge in [-0.2, -0.15) is 5.10 Å². The van der Waals surface area contributed by atoms with Crippen LogP contribution in [-0.2, 0) is 17.9 Å². The number of H-pyrrole nitrogens is 1. The molecule has 0 aliphatic heterocycles. The van der Waals surface area contributed by atoms with E-state index >= 15 is 0 Å². The van der Waals surface area contributed by atoms with Gasteiger partial charge in [-0.3, -0.25) is 14.7 Å². The van der Waals surface area contributed by atoms with Crippen LogP contribution in [0.2, 0.25) is 5.02 Å². The van der Waals surface area contributed by atoms with Crippen molar-refractivity contribution in [3.63, 3.8) is 0 Å². The SMILES string of the molecule is COCc1nc(C)c(CNC(=O)c2cc(NC(=O)c3cc(F)c(F)cc3Cl)[nH]n2)o1. The highest BCUT2D eigenvalue weighted by Crippen LogP contribution is 2.21. The number of aromatic amines is 1. The molecule has 3 aromatic rings. The molecule has 158 valence electrons. The molecule has 12 heteroatoms. The van der Waals surface area contributed by atoms with E-state index in [1.807, 2.05) is 0 Å². The smallest absolute Gasteiger partial charge is 0.272 e. The van der Waals surface area contributed by atoms with Crippen molar-refractivity contribution in [2.24, 2.45) is 0 Å². The van der Waals surface area contributed by atoms with Crippen LogP contribution in [0, 0.1) is 18.6 Å². The first-order valence-corrected chi connectivity index (χ1v) is 8.90. The number of aryl methyl sites for hydroxylation is 1. The second-order valence-electron chi connectivity index (χ2n) is 6.10. The summed E-state index contributed by atoms with van der Waals surface area (Å²) in [6, 6.07) is 2.64. The zero-order valence-corrected chi connectivity index (χ0v) is 16.6. The van der Waals surface area contributed by atoms with E-state index in [0.29, 0.717) is 29.5 Å². The highest BCUT2D eigenvalue weighted by atomic mass is 35.5. The Morgan fingerprint density at radius 2 is 1.97 bits per heavy atom. The molecule has 0 radical (unpaired) electrons. The molecule has 30 heavy (non-hydrogen) atoms. The zero-order chi connectivity index (χ0) is 21.8. The third-order valence-electron chi connectivity index (χ3n) is 3.93. The number of nitrogens with zero attached hydrogens (tertiary/aromatic N) is 2. The van der Waals surface area contributed by atoms with Crippen LogP contribution in [0.4, 0.5) is 14.6 Å². The van der Waals surface area contributed by atoms with Gasteiger partial charge in [-0.25, -0.2) is 13.8 Å². The minimum atomic E-state index is -1.22. The molecule has 0 saturated heterocycles. The predicted octanol–water partition coefficient (Wildman–Crippen LogP) is 2.97. The number of nitrogens with one attached hydrogen (secondary N) is 3. The van der Waals surface area contributed by atoms with Gasteiger partial charge in [0, 0.05) is 13.2 Å². The summed E-state index contributed by atoms with van der Waals surface area (Å²) in [5.74, 6) is -2.82. The summed E-state index contributed by atoms with van der Waals surface area (Å²) < 4.78 is 36.9. The fraction of sp³-hybridized carbons (Fsp3) is 0.222. The normalized spacial score (nSPS) is 10.8. The first-order valence-electron chi connectivity index (χ1n) is 8.52. The molecule has 0 fully saturated rings. The average molecular weight is 440 g/mol. The van der Waals surface area contributed by atoms with Gasteiger partial charge in [0.1, 0.15) is 18.2 Å². The van der Waals surface area contributed by atoms with E-state index in [1.54, 1.807) is 6.92 Å². The van der Waals surface area contributed by atoms with Crippen LogP contribution in [-0.4, -0.2) is 34.1 Å². The molecule has 0 spiro atoms. The van der Waals surface area contributed by atoms with E-state index in [0.717, 1.165) is 0 Å². The maximum absolute atomic E-state index is 13.4. The summed E-state index contributed by atoms with van der Waals surface area (Å²) in [4.78, 5) is 28.6. The standard InChI is InChI=1S/C18H16ClF2N5O4/c1-8-14(30-16(23-8)7-29-2)6-22-18(28)13-5-15(26-25-13)24-17(27)9-3-11(20)12(21)4-10(9)19/h3-5H,6-7H2,1-2H3,(H,22,28)(H2,24,25,26,27). The first kappa shape index (κ1) is 21.4. The fourth-order valence-corrected chi connectivity index (χ4v) is 2.71. The van der Waals surface area contributed by atoms with Gasteiger partial charge in [-0.15, -0.1) is 0 Å². The van der Waals surface area contributed by atoms with Gasteiger partial charge >= 0.3 is 0 Å². The van der Waals surface area contributed by atoms with Gasteiger partial charge in [0.25, 0.3) is 11.8 Å². The second-order valence-corrected chi connectivity index (χ2v) is 6.51. The number of ether oxygens (including phenoxy) is 1. The average Bonchev–Trinajstić information content (AvgIpc) is 3.29. The number of halogens is 3. The molecule has 2 heterocycles. The van der Waals surface area contributed by atoms with E-state index < -0.39 is 23.4 Å². The van der Waals surface area contributed by atoms with E-state index in [-0.39, 0.29) is 35.2 Å². The lowest BCUT2D eigenvalue weighted by Gasteiger charge is -2.05. The molecule has 0 saturated carbocycles. The third kappa shape index (κ3) is 4.81. The summed E-state index contributed by atoms with van der Waals surface area (Å²) in [7, 11) is 1.51. The predicted molar refractivity (Wildman–Crippen MR) is 101 cm³/mol. The Bertz CT molecular complexity index is 1100. The number of anilines is 1. The van der Waals surface area contributed by atoms with Crippen LogP contribution < -0.4 is 10.6 Å². The van der Waals surface area contributed by atoms with Gasteiger partial charge < -0.3 is 19.8 Å². The highest BCUT2D eigenvalue weighted by molar-refractivity contribution is 6.34. The number of rotatable bonds is 7. The molecule has 0 aliphatic carbocycles. The number of carbonyl (C=O) groups is 2. The summed E-state index contributed by atoms with van der Waals surface area (Å²) >= 11 is 5.77. The summed E-state index contributed by atoms with van der Waals surface area (Å²) in [5, 5.41) is 11.0. The van der Waals surface area contributed by atoms with Gasteiger partial charge in [-0.05, 0) is 19.1 Å². The Hall–Kier alpha value is -3.31. The molecular weight excluding hydrogens is 424 g/mol. The number of hydrogen-bond donors (Lipinski definition) is 3. The number of amides is 2. The van der Waals surface area contributed by atoms with Crippen LogP contribution >= 0.6 is 11.6 Å². The van der Waals surface area contributed by atoms with E-state index in [2.05, 4.69) is 25.8 Å². The molecule has 2 aromatic heterocycles. The molecular formula is C18H16ClF2N5O4. The minimum Gasteiger partial charge on any atom is -0.441 e. The Morgan fingerprint density at radius 3 is 2.70 bits per heavy atom. The lowest BCUT2D eigenvalue weighted by atomic mass is 10.2. The van der Waals surface area contributed by atoms with Crippen molar-refractivity contribution < 1.29 is 27.5 Å². The van der Waals surface area contributed by atoms with Crippen LogP contribution in [0.15, 0.2) is 22.6 Å². The molecule has 0 aliphatic rings. The summed E-state index contributed by atoms with van der Waals surface area (Å²) in [6.07, 6.45) is 0. The monoisotopic (exact) mass is 439 g/mol. The van der Waals surface area contributed by atoms with Crippen molar-refractivity contribution >= 4 is 29.2 Å². The highest BCUT2D eigenvalue weighted by Gasteiger charge is 2.18. The van der Waals surface area contributed by atoms with Crippen LogP contribution in [0.25, 0.3) is 0 Å². The molecule has 1 aromatic carbocycles. The number of methoxy groups -OCH3 is 1. The van der Waals surface area contributed by atoms with Crippen molar-refractivity contribution in [3.05, 3.63) is 63.5 Å². The molecule has 3 N–H and O–H groups in total. The Kier molecular flexibility index (Phi) is 6.43. The van der Waals surface area contributed by atoms with E-state index in [4.69, 9.17) is 20.8 Å². The molecule has 3 rings (SSSR count). The van der Waals surface area contributed by atoms with Crippen molar-refractivity contribution in [2.75, 3.05) is 12.4 Å². The first-order chi connectivity index (χ1) is 14.3. The topological polar surface area (TPSA) is 122 Å². The van der Waals surface area contributed by atoms with Gasteiger partial charge in [-0.1, -0.05) is 11.6 Å². The largest absolute Gasteiger partial charge is 0.441 e. The van der Waals surface area contributed by atoms with E-state index in [1.165, 1.54) is 13.2 Å². The third-order valence-corrected chi connectivity index (χ3v) is 4.24.